The fourth-order valence-electron chi connectivity index (χ4n) is 2.56. The topological polar surface area (TPSA) is 101 Å². The molecule has 8 heteroatoms. The number of nitrogens with one attached hydrogen (secondary N) is 3. The maximum atomic E-state index is 10.6. The van der Waals surface area contributed by atoms with Crippen LogP contribution in [0.4, 0.5) is 11.4 Å². The van der Waals surface area contributed by atoms with Gasteiger partial charge in [0.1, 0.15) is 0 Å². The van der Waals surface area contributed by atoms with Crippen LogP contribution in [0.5, 0.6) is 0 Å². The highest BCUT2D eigenvalue weighted by Gasteiger charge is 2.29. The van der Waals surface area contributed by atoms with Gasteiger partial charge in [-0.2, -0.15) is 0 Å². The SMILES string of the molecule is CN=C(NCCNc1ccc([N+](=O)[O-])cc1)NCC1(C)CCCO1. The van der Waals surface area contributed by atoms with Gasteiger partial charge < -0.3 is 20.7 Å². The molecule has 0 bridgehead atoms. The fourth-order valence-corrected chi connectivity index (χ4v) is 2.56. The van der Waals surface area contributed by atoms with E-state index in [2.05, 4.69) is 27.9 Å². The lowest BCUT2D eigenvalue weighted by atomic mass is 10.0. The first-order chi connectivity index (χ1) is 11.5. The lowest BCUT2D eigenvalue weighted by Crippen LogP contribution is -2.46. The number of hydrogen-bond acceptors (Lipinski definition) is 5. The van der Waals surface area contributed by atoms with Gasteiger partial charge in [0.05, 0.1) is 10.5 Å². The molecule has 1 heterocycles. The van der Waals surface area contributed by atoms with Gasteiger partial charge in [0.15, 0.2) is 5.96 Å². The van der Waals surface area contributed by atoms with Crippen LogP contribution in [0, 0.1) is 10.1 Å². The zero-order valence-corrected chi connectivity index (χ0v) is 14.2. The third-order valence-corrected chi connectivity index (χ3v) is 3.98. The van der Waals surface area contributed by atoms with E-state index in [1.165, 1.54) is 12.1 Å². The zero-order chi connectivity index (χ0) is 17.4. The van der Waals surface area contributed by atoms with Gasteiger partial charge >= 0.3 is 0 Å². The second-order valence-corrected chi connectivity index (χ2v) is 5.99. The highest BCUT2D eigenvalue weighted by molar-refractivity contribution is 5.79. The Morgan fingerprint density at radius 3 is 2.67 bits per heavy atom. The average Bonchev–Trinajstić information content (AvgIpc) is 3.01. The molecule has 2 rings (SSSR count). The summed E-state index contributed by atoms with van der Waals surface area (Å²) in [5.41, 5.74) is 0.817. The van der Waals surface area contributed by atoms with Gasteiger partial charge in [-0.3, -0.25) is 15.1 Å². The Labute approximate surface area is 141 Å². The van der Waals surface area contributed by atoms with Crippen LogP contribution in [0.2, 0.25) is 0 Å². The van der Waals surface area contributed by atoms with E-state index in [1.54, 1.807) is 19.2 Å². The predicted molar refractivity (Wildman–Crippen MR) is 94.5 cm³/mol. The number of nitro groups is 1. The first-order valence-electron chi connectivity index (χ1n) is 8.09. The van der Waals surface area contributed by atoms with Gasteiger partial charge in [-0.25, -0.2) is 0 Å². The Hall–Kier alpha value is -2.35. The molecule has 1 fully saturated rings. The van der Waals surface area contributed by atoms with Gasteiger partial charge in [-0.1, -0.05) is 0 Å². The normalized spacial score (nSPS) is 20.7. The number of nitrogens with zero attached hydrogens (tertiary/aromatic N) is 2. The van der Waals surface area contributed by atoms with E-state index in [-0.39, 0.29) is 11.3 Å². The number of rotatable bonds is 7. The van der Waals surface area contributed by atoms with E-state index in [1.807, 2.05) is 0 Å². The van der Waals surface area contributed by atoms with Crippen LogP contribution in [0.25, 0.3) is 0 Å². The Balaban J connectivity index is 1.67. The molecular weight excluding hydrogens is 310 g/mol. The largest absolute Gasteiger partial charge is 0.383 e. The molecule has 0 spiro atoms. The van der Waals surface area contributed by atoms with Crippen LogP contribution in [0.3, 0.4) is 0 Å². The number of hydrogen-bond donors (Lipinski definition) is 3. The summed E-state index contributed by atoms with van der Waals surface area (Å²) in [6.07, 6.45) is 2.15. The molecule has 1 saturated heterocycles. The average molecular weight is 335 g/mol. The standard InChI is InChI=1S/C16H25N5O3/c1-16(8-3-11-24-16)12-20-15(17-2)19-10-9-18-13-4-6-14(7-5-13)21(22)23/h4-7,18H,3,8-12H2,1-2H3,(H2,17,19,20). The lowest BCUT2D eigenvalue weighted by Gasteiger charge is -2.24. The van der Waals surface area contributed by atoms with Crippen molar-refractivity contribution in [3.05, 3.63) is 34.4 Å². The van der Waals surface area contributed by atoms with Crippen molar-refractivity contribution >= 4 is 17.3 Å². The lowest BCUT2D eigenvalue weighted by molar-refractivity contribution is -0.384. The van der Waals surface area contributed by atoms with Gasteiger partial charge in [0.25, 0.3) is 5.69 Å². The minimum absolute atomic E-state index is 0.0888. The highest BCUT2D eigenvalue weighted by Crippen LogP contribution is 2.23. The Morgan fingerprint density at radius 1 is 1.33 bits per heavy atom. The van der Waals surface area contributed by atoms with E-state index < -0.39 is 4.92 Å². The first kappa shape index (κ1) is 18.0. The number of ether oxygens (including phenoxy) is 1. The van der Waals surface area contributed by atoms with Crippen LogP contribution < -0.4 is 16.0 Å². The van der Waals surface area contributed by atoms with Crippen LogP contribution in [0.1, 0.15) is 19.8 Å². The van der Waals surface area contributed by atoms with Crippen molar-refractivity contribution < 1.29 is 9.66 Å². The molecule has 1 atom stereocenters. The molecule has 1 aliphatic rings. The quantitative estimate of drug-likeness (QED) is 0.231. The summed E-state index contributed by atoms with van der Waals surface area (Å²) in [5, 5.41) is 20.3. The van der Waals surface area contributed by atoms with Crippen molar-refractivity contribution in [2.45, 2.75) is 25.4 Å². The maximum Gasteiger partial charge on any atom is 0.269 e. The van der Waals surface area contributed by atoms with Gasteiger partial charge in [0.2, 0.25) is 0 Å². The minimum Gasteiger partial charge on any atom is -0.383 e. The molecule has 24 heavy (non-hydrogen) atoms. The van der Waals surface area contributed by atoms with E-state index in [4.69, 9.17) is 4.74 Å². The number of anilines is 1. The molecule has 0 aromatic heterocycles. The molecule has 132 valence electrons. The number of non-ortho nitro benzene ring substituents is 1. The van der Waals surface area contributed by atoms with Gasteiger partial charge in [0, 0.05) is 51.1 Å². The minimum atomic E-state index is -0.407. The predicted octanol–water partition coefficient (Wildman–Crippen LogP) is 1.74. The van der Waals surface area contributed by atoms with Crippen molar-refractivity contribution in [3.8, 4) is 0 Å². The summed E-state index contributed by atoms with van der Waals surface area (Å²) in [5.74, 6) is 0.734. The maximum absolute atomic E-state index is 10.6. The molecule has 1 aromatic carbocycles. The second kappa shape index (κ2) is 8.49. The molecule has 3 N–H and O–H groups in total. The van der Waals surface area contributed by atoms with Gasteiger partial charge in [-0.15, -0.1) is 0 Å². The number of guanidine groups is 1. The zero-order valence-electron chi connectivity index (χ0n) is 14.2. The number of benzene rings is 1. The van der Waals surface area contributed by atoms with Crippen LogP contribution in [0.15, 0.2) is 29.3 Å². The summed E-state index contributed by atoms with van der Waals surface area (Å²) >= 11 is 0. The van der Waals surface area contributed by atoms with Crippen molar-refractivity contribution in [1.29, 1.82) is 0 Å². The molecule has 0 aliphatic carbocycles. The summed E-state index contributed by atoms with van der Waals surface area (Å²) in [7, 11) is 1.73. The van der Waals surface area contributed by atoms with Crippen molar-refractivity contribution in [1.82, 2.24) is 10.6 Å². The first-order valence-corrected chi connectivity index (χ1v) is 8.09. The molecule has 1 aliphatic heterocycles. The fraction of sp³-hybridized carbons (Fsp3) is 0.562. The van der Waals surface area contributed by atoms with E-state index in [0.29, 0.717) is 13.1 Å². The Kier molecular flexibility index (Phi) is 6.36. The summed E-state index contributed by atoms with van der Waals surface area (Å²) in [4.78, 5) is 14.4. The van der Waals surface area contributed by atoms with E-state index >= 15 is 0 Å². The molecule has 0 amide bonds. The molecule has 0 saturated carbocycles. The van der Waals surface area contributed by atoms with Crippen LogP contribution in [-0.2, 0) is 4.74 Å². The van der Waals surface area contributed by atoms with Crippen molar-refractivity contribution in [2.75, 3.05) is 38.6 Å². The molecule has 1 unspecified atom stereocenters. The Bertz CT molecular complexity index is 568. The molecule has 0 radical (unpaired) electrons. The van der Waals surface area contributed by atoms with Crippen LogP contribution in [-0.4, -0.2) is 49.8 Å². The van der Waals surface area contributed by atoms with Crippen molar-refractivity contribution in [2.24, 2.45) is 4.99 Å². The second-order valence-electron chi connectivity index (χ2n) is 5.99. The van der Waals surface area contributed by atoms with Gasteiger partial charge in [-0.05, 0) is 31.9 Å². The summed E-state index contributed by atoms with van der Waals surface area (Å²) < 4.78 is 5.74. The monoisotopic (exact) mass is 335 g/mol. The number of aliphatic imine (C=N–C) groups is 1. The highest BCUT2D eigenvalue weighted by atomic mass is 16.6. The van der Waals surface area contributed by atoms with E-state index in [0.717, 1.165) is 37.6 Å². The third-order valence-electron chi connectivity index (χ3n) is 3.98. The molecule has 8 nitrogen and oxygen atoms in total. The van der Waals surface area contributed by atoms with Crippen LogP contribution >= 0.6 is 0 Å². The number of nitro benzene ring substituents is 1. The third kappa shape index (κ3) is 5.38. The smallest absolute Gasteiger partial charge is 0.269 e. The molecular formula is C16H25N5O3. The Morgan fingerprint density at radius 2 is 2.08 bits per heavy atom. The molecule has 1 aromatic rings. The summed E-state index contributed by atoms with van der Waals surface area (Å²) in [6.45, 7) is 5.00. The van der Waals surface area contributed by atoms with Crippen molar-refractivity contribution in [3.63, 3.8) is 0 Å². The summed E-state index contributed by atoms with van der Waals surface area (Å²) in [6, 6.07) is 6.37. The van der Waals surface area contributed by atoms with E-state index in [9.17, 15) is 10.1 Å².